The number of nitrogens with zero attached hydrogens (tertiary/aromatic N) is 2. The van der Waals surface area contributed by atoms with Gasteiger partial charge in [0.25, 0.3) is 11.8 Å². The van der Waals surface area contributed by atoms with Gasteiger partial charge in [-0.3, -0.25) is 19.9 Å². The molecule has 0 radical (unpaired) electrons. The molecule has 2 aromatic heterocycles. The second-order valence-electron chi connectivity index (χ2n) is 5.17. The number of thiazole rings is 1. The number of aromatic nitrogens is 2. The molecule has 0 atom stereocenters. The zero-order chi connectivity index (χ0) is 16.5. The van der Waals surface area contributed by atoms with E-state index in [9.17, 15) is 9.59 Å². The van der Waals surface area contributed by atoms with Crippen molar-refractivity contribution in [1.29, 1.82) is 0 Å². The lowest BCUT2D eigenvalue weighted by molar-refractivity contribution is -0.114. The number of hydrogen-bond acceptors (Lipinski definition) is 5. The van der Waals surface area contributed by atoms with Gasteiger partial charge in [-0.25, -0.2) is 4.98 Å². The number of carbonyl (C=O) groups is 2. The van der Waals surface area contributed by atoms with Crippen LogP contribution in [0.4, 0.5) is 0 Å². The first-order chi connectivity index (χ1) is 11.7. The number of hydrogen-bond donors (Lipinski definition) is 1. The van der Waals surface area contributed by atoms with Crippen molar-refractivity contribution in [1.82, 2.24) is 15.3 Å². The Morgan fingerprint density at radius 2 is 1.71 bits per heavy atom. The van der Waals surface area contributed by atoms with Gasteiger partial charge in [-0.1, -0.05) is 24.3 Å². The minimum absolute atomic E-state index is 0.369. The molecule has 116 valence electrons. The van der Waals surface area contributed by atoms with Gasteiger partial charge in [0.05, 0.1) is 5.69 Å². The van der Waals surface area contributed by atoms with E-state index < -0.39 is 5.91 Å². The fourth-order valence-electron chi connectivity index (χ4n) is 2.52. The standard InChI is InChI=1S/C18H11N3O2S/c22-16-13-6-2-1-5-12(13)14(17(23)21-16)9-11-10-20-18(24-11)15-7-3-4-8-19-15/h1-10H,(H,21,22,23). The lowest BCUT2D eigenvalue weighted by atomic mass is 9.94. The minimum Gasteiger partial charge on any atom is -0.288 e. The van der Waals surface area contributed by atoms with Gasteiger partial charge in [0.2, 0.25) is 0 Å². The Bertz CT molecular complexity index is 977. The molecule has 1 N–H and O–H groups in total. The highest BCUT2D eigenvalue weighted by molar-refractivity contribution is 7.15. The summed E-state index contributed by atoms with van der Waals surface area (Å²) in [4.78, 5) is 33.6. The fourth-order valence-corrected chi connectivity index (χ4v) is 3.36. The minimum atomic E-state index is -0.397. The summed E-state index contributed by atoms with van der Waals surface area (Å²) in [5.74, 6) is -0.766. The second-order valence-corrected chi connectivity index (χ2v) is 6.23. The van der Waals surface area contributed by atoms with Crippen LogP contribution < -0.4 is 5.32 Å². The third kappa shape index (κ3) is 2.53. The van der Waals surface area contributed by atoms with Crippen LogP contribution in [0.15, 0.2) is 54.9 Å². The van der Waals surface area contributed by atoms with E-state index in [0.29, 0.717) is 16.7 Å². The van der Waals surface area contributed by atoms with Gasteiger partial charge >= 0.3 is 0 Å². The van der Waals surface area contributed by atoms with Gasteiger partial charge < -0.3 is 0 Å². The van der Waals surface area contributed by atoms with Crippen LogP contribution >= 0.6 is 11.3 Å². The highest BCUT2D eigenvalue weighted by atomic mass is 32.1. The summed E-state index contributed by atoms with van der Waals surface area (Å²) in [6.07, 6.45) is 5.17. The molecule has 0 saturated heterocycles. The molecule has 0 saturated carbocycles. The van der Waals surface area contributed by atoms with Crippen LogP contribution in [-0.4, -0.2) is 21.8 Å². The Kier molecular flexibility index (Phi) is 3.51. The molecule has 1 aliphatic heterocycles. The SMILES string of the molecule is O=C1NC(=O)c2ccccc2C1=Cc1cnc(-c2ccccn2)s1. The summed E-state index contributed by atoms with van der Waals surface area (Å²) in [5, 5.41) is 3.15. The molecule has 24 heavy (non-hydrogen) atoms. The third-order valence-electron chi connectivity index (χ3n) is 3.63. The number of pyridine rings is 1. The first-order valence-electron chi connectivity index (χ1n) is 7.26. The van der Waals surface area contributed by atoms with Gasteiger partial charge in [-0.05, 0) is 29.8 Å². The second kappa shape index (κ2) is 5.82. The first kappa shape index (κ1) is 14.5. The monoisotopic (exact) mass is 333 g/mol. The molecule has 2 amide bonds. The maximum absolute atomic E-state index is 12.2. The molecule has 5 nitrogen and oxygen atoms in total. The fraction of sp³-hybridized carbons (Fsp3) is 0. The van der Waals surface area contributed by atoms with E-state index in [1.165, 1.54) is 11.3 Å². The van der Waals surface area contributed by atoms with Crippen LogP contribution in [0.1, 0.15) is 20.8 Å². The van der Waals surface area contributed by atoms with Crippen LogP contribution in [0, 0.1) is 0 Å². The van der Waals surface area contributed by atoms with E-state index in [1.54, 1.807) is 36.7 Å². The van der Waals surface area contributed by atoms with E-state index in [4.69, 9.17) is 0 Å². The van der Waals surface area contributed by atoms with Crippen LogP contribution in [0.3, 0.4) is 0 Å². The molecule has 4 rings (SSSR count). The maximum Gasteiger partial charge on any atom is 0.258 e. The largest absolute Gasteiger partial charge is 0.288 e. The van der Waals surface area contributed by atoms with Gasteiger partial charge in [-0.15, -0.1) is 11.3 Å². The quantitative estimate of drug-likeness (QED) is 0.578. The number of imide groups is 1. The molecule has 1 aliphatic rings. The van der Waals surface area contributed by atoms with Crippen LogP contribution in [0.2, 0.25) is 0 Å². The summed E-state index contributed by atoms with van der Waals surface area (Å²) in [6.45, 7) is 0. The van der Waals surface area contributed by atoms with E-state index in [-0.39, 0.29) is 5.91 Å². The molecule has 3 heterocycles. The van der Waals surface area contributed by atoms with Crippen molar-refractivity contribution in [3.8, 4) is 10.7 Å². The van der Waals surface area contributed by atoms with E-state index in [1.807, 2.05) is 24.3 Å². The highest BCUT2D eigenvalue weighted by Gasteiger charge is 2.26. The van der Waals surface area contributed by atoms with Crippen molar-refractivity contribution in [3.63, 3.8) is 0 Å². The average Bonchev–Trinajstić information content (AvgIpc) is 3.08. The highest BCUT2D eigenvalue weighted by Crippen LogP contribution is 2.29. The van der Waals surface area contributed by atoms with Gasteiger partial charge in [-0.2, -0.15) is 0 Å². The summed E-state index contributed by atoms with van der Waals surface area (Å²) in [6, 6.07) is 12.7. The van der Waals surface area contributed by atoms with E-state index in [0.717, 1.165) is 15.6 Å². The maximum atomic E-state index is 12.2. The van der Waals surface area contributed by atoms with Crippen molar-refractivity contribution >= 4 is 34.8 Å². The zero-order valence-electron chi connectivity index (χ0n) is 12.4. The molecule has 1 aromatic carbocycles. The Balaban J connectivity index is 1.76. The lowest BCUT2D eigenvalue weighted by Gasteiger charge is -2.17. The first-order valence-corrected chi connectivity index (χ1v) is 8.08. The molecule has 0 bridgehead atoms. The lowest BCUT2D eigenvalue weighted by Crippen LogP contribution is -2.36. The summed E-state index contributed by atoms with van der Waals surface area (Å²) < 4.78 is 0. The molecule has 0 unspecified atom stereocenters. The summed E-state index contributed by atoms with van der Waals surface area (Å²) >= 11 is 1.44. The molecular formula is C18H11N3O2S. The Morgan fingerprint density at radius 3 is 2.50 bits per heavy atom. The number of benzene rings is 1. The normalized spacial score (nSPS) is 15.2. The molecule has 0 spiro atoms. The molecular weight excluding hydrogens is 322 g/mol. The smallest absolute Gasteiger partial charge is 0.258 e. The Hall–Kier alpha value is -3.12. The topological polar surface area (TPSA) is 72.0 Å². The van der Waals surface area contributed by atoms with Crippen molar-refractivity contribution in [2.24, 2.45) is 0 Å². The van der Waals surface area contributed by atoms with Crippen molar-refractivity contribution in [2.45, 2.75) is 0 Å². The summed E-state index contributed by atoms with van der Waals surface area (Å²) in [7, 11) is 0. The zero-order valence-corrected chi connectivity index (χ0v) is 13.2. The van der Waals surface area contributed by atoms with Crippen molar-refractivity contribution in [3.05, 3.63) is 70.9 Å². The van der Waals surface area contributed by atoms with E-state index in [2.05, 4.69) is 15.3 Å². The molecule has 0 fully saturated rings. The van der Waals surface area contributed by atoms with Crippen LogP contribution in [-0.2, 0) is 4.79 Å². The average molecular weight is 333 g/mol. The third-order valence-corrected chi connectivity index (χ3v) is 4.59. The van der Waals surface area contributed by atoms with E-state index >= 15 is 0 Å². The van der Waals surface area contributed by atoms with Gasteiger partial charge in [0, 0.05) is 28.4 Å². The molecule has 3 aromatic rings. The van der Waals surface area contributed by atoms with Crippen LogP contribution in [0.25, 0.3) is 22.4 Å². The molecule has 0 aliphatic carbocycles. The predicted octanol–water partition coefficient (Wildman–Crippen LogP) is 3.02. The van der Waals surface area contributed by atoms with Crippen molar-refractivity contribution < 1.29 is 9.59 Å². The number of fused-ring (bicyclic) bond motifs is 1. The van der Waals surface area contributed by atoms with Crippen LogP contribution in [0.5, 0.6) is 0 Å². The Labute approximate surface area is 141 Å². The van der Waals surface area contributed by atoms with Crippen molar-refractivity contribution in [2.75, 3.05) is 0 Å². The number of rotatable bonds is 2. The number of amides is 2. The number of nitrogens with one attached hydrogen (secondary N) is 1. The van der Waals surface area contributed by atoms with Gasteiger partial charge in [0.1, 0.15) is 5.01 Å². The predicted molar refractivity (Wildman–Crippen MR) is 92.1 cm³/mol. The molecule has 6 heteroatoms. The number of carbonyl (C=O) groups excluding carboxylic acids is 2. The van der Waals surface area contributed by atoms with Gasteiger partial charge in [0.15, 0.2) is 0 Å². The summed E-state index contributed by atoms with van der Waals surface area (Å²) in [5.41, 5.74) is 2.38. The Morgan fingerprint density at radius 1 is 0.917 bits per heavy atom.